The molecule has 0 aliphatic rings. The molecule has 0 spiro atoms. The number of nitrogens with zero attached hydrogens (tertiary/aromatic N) is 2. The fraction of sp³-hybridized carbons (Fsp3) is 0.286. The SMILES string of the molecule is Cc1ccc(OCCn2c(CCCNC(=O)Cc3ccccc3)nc3ccccc32)c(C)c1. The van der Waals surface area contributed by atoms with Crippen molar-refractivity contribution in [2.24, 2.45) is 0 Å². The lowest BCUT2D eigenvalue weighted by Gasteiger charge is -2.13. The maximum atomic E-state index is 12.2. The Morgan fingerprint density at radius 2 is 1.79 bits per heavy atom. The molecule has 0 unspecified atom stereocenters. The highest BCUT2D eigenvalue weighted by atomic mass is 16.5. The van der Waals surface area contributed by atoms with Crippen LogP contribution < -0.4 is 10.1 Å². The van der Waals surface area contributed by atoms with Gasteiger partial charge < -0.3 is 14.6 Å². The Morgan fingerprint density at radius 3 is 2.61 bits per heavy atom. The zero-order valence-electron chi connectivity index (χ0n) is 19.4. The molecule has 1 N–H and O–H groups in total. The fourth-order valence-electron chi connectivity index (χ4n) is 4.09. The highest BCUT2D eigenvalue weighted by Gasteiger charge is 2.11. The first-order valence-electron chi connectivity index (χ1n) is 11.5. The van der Waals surface area contributed by atoms with Crippen LogP contribution in [0.5, 0.6) is 5.75 Å². The van der Waals surface area contributed by atoms with Gasteiger partial charge in [-0.1, -0.05) is 60.2 Å². The molecule has 0 saturated carbocycles. The number of fused-ring (bicyclic) bond motifs is 1. The van der Waals surface area contributed by atoms with Crippen LogP contribution >= 0.6 is 0 Å². The van der Waals surface area contributed by atoms with Crippen molar-refractivity contribution in [3.63, 3.8) is 0 Å². The van der Waals surface area contributed by atoms with Crippen molar-refractivity contribution in [3.8, 4) is 5.75 Å². The van der Waals surface area contributed by atoms with Gasteiger partial charge in [0.2, 0.25) is 5.91 Å². The lowest BCUT2D eigenvalue weighted by atomic mass is 10.1. The smallest absolute Gasteiger partial charge is 0.224 e. The number of ether oxygens (including phenoxy) is 1. The second-order valence-corrected chi connectivity index (χ2v) is 8.40. The van der Waals surface area contributed by atoms with Crippen LogP contribution in [-0.4, -0.2) is 28.6 Å². The van der Waals surface area contributed by atoms with Crippen LogP contribution in [0.25, 0.3) is 11.0 Å². The highest BCUT2D eigenvalue weighted by molar-refractivity contribution is 5.78. The van der Waals surface area contributed by atoms with Gasteiger partial charge in [-0.05, 0) is 49.6 Å². The molecule has 4 aromatic rings. The lowest BCUT2D eigenvalue weighted by molar-refractivity contribution is -0.120. The van der Waals surface area contributed by atoms with Crippen LogP contribution in [0.1, 0.15) is 28.9 Å². The number of carbonyl (C=O) groups excluding carboxylic acids is 1. The second kappa shape index (κ2) is 10.8. The van der Waals surface area contributed by atoms with Gasteiger partial charge in [-0.3, -0.25) is 4.79 Å². The minimum Gasteiger partial charge on any atom is -0.491 e. The number of amides is 1. The summed E-state index contributed by atoms with van der Waals surface area (Å²) < 4.78 is 8.32. The predicted octanol–water partition coefficient (Wildman–Crippen LogP) is 5.02. The summed E-state index contributed by atoms with van der Waals surface area (Å²) >= 11 is 0. The molecule has 5 heteroatoms. The van der Waals surface area contributed by atoms with Crippen LogP contribution in [0.3, 0.4) is 0 Å². The third kappa shape index (κ3) is 6.01. The van der Waals surface area contributed by atoms with Gasteiger partial charge in [0.1, 0.15) is 18.2 Å². The third-order valence-electron chi connectivity index (χ3n) is 5.74. The molecular formula is C28H31N3O2. The van der Waals surface area contributed by atoms with E-state index in [1.54, 1.807) is 0 Å². The van der Waals surface area contributed by atoms with Crippen LogP contribution in [0.2, 0.25) is 0 Å². The van der Waals surface area contributed by atoms with Gasteiger partial charge in [-0.15, -0.1) is 0 Å². The zero-order valence-corrected chi connectivity index (χ0v) is 19.4. The van der Waals surface area contributed by atoms with Gasteiger partial charge in [0.25, 0.3) is 0 Å². The monoisotopic (exact) mass is 441 g/mol. The first kappa shape index (κ1) is 22.6. The standard InChI is InChI=1S/C28H31N3O2/c1-21-14-15-26(22(2)19-21)33-18-17-31-25-12-7-6-11-24(25)30-27(31)13-8-16-29-28(32)20-23-9-4-3-5-10-23/h3-7,9-12,14-15,19H,8,13,16-18,20H2,1-2H3,(H,29,32). The molecule has 33 heavy (non-hydrogen) atoms. The van der Waals surface area contributed by atoms with Crippen LogP contribution in [0, 0.1) is 13.8 Å². The summed E-state index contributed by atoms with van der Waals surface area (Å²) in [5, 5.41) is 3.03. The summed E-state index contributed by atoms with van der Waals surface area (Å²) in [5.41, 5.74) is 5.52. The Balaban J connectivity index is 1.34. The quantitative estimate of drug-likeness (QED) is 0.352. The van der Waals surface area contributed by atoms with Gasteiger partial charge >= 0.3 is 0 Å². The molecule has 0 radical (unpaired) electrons. The van der Waals surface area contributed by atoms with Crippen LogP contribution in [-0.2, 0) is 24.2 Å². The predicted molar refractivity (Wildman–Crippen MR) is 133 cm³/mol. The lowest BCUT2D eigenvalue weighted by Crippen LogP contribution is -2.26. The molecule has 0 saturated heterocycles. The van der Waals surface area contributed by atoms with Crippen molar-refractivity contribution >= 4 is 16.9 Å². The Labute approximate surface area is 195 Å². The summed E-state index contributed by atoms with van der Waals surface area (Å²) in [6.07, 6.45) is 2.04. The number of carbonyl (C=O) groups is 1. The number of benzene rings is 3. The summed E-state index contributed by atoms with van der Waals surface area (Å²) in [6.45, 7) is 6.10. The second-order valence-electron chi connectivity index (χ2n) is 8.40. The summed E-state index contributed by atoms with van der Waals surface area (Å²) in [7, 11) is 0. The summed E-state index contributed by atoms with van der Waals surface area (Å²) in [4.78, 5) is 17.1. The van der Waals surface area contributed by atoms with Crippen molar-refractivity contribution in [1.29, 1.82) is 0 Å². The molecule has 5 nitrogen and oxygen atoms in total. The maximum Gasteiger partial charge on any atom is 0.224 e. The molecule has 170 valence electrons. The van der Waals surface area contributed by atoms with E-state index in [1.165, 1.54) is 5.56 Å². The number of imidazole rings is 1. The number of hydrogen-bond donors (Lipinski definition) is 1. The zero-order chi connectivity index (χ0) is 23.0. The molecule has 1 aromatic heterocycles. The van der Waals surface area contributed by atoms with Gasteiger partial charge in [-0.25, -0.2) is 4.98 Å². The molecule has 1 heterocycles. The van der Waals surface area contributed by atoms with E-state index in [9.17, 15) is 4.79 Å². The normalized spacial score (nSPS) is 11.0. The molecule has 0 aliphatic heterocycles. The molecule has 0 fully saturated rings. The summed E-state index contributed by atoms with van der Waals surface area (Å²) in [6, 6.07) is 24.3. The van der Waals surface area contributed by atoms with Crippen molar-refractivity contribution in [2.75, 3.05) is 13.2 Å². The topological polar surface area (TPSA) is 56.1 Å². The van der Waals surface area contributed by atoms with Crippen molar-refractivity contribution < 1.29 is 9.53 Å². The van der Waals surface area contributed by atoms with Gasteiger partial charge in [-0.2, -0.15) is 0 Å². The first-order chi connectivity index (χ1) is 16.1. The van der Waals surface area contributed by atoms with E-state index in [0.29, 0.717) is 19.6 Å². The molecule has 0 bridgehead atoms. The van der Waals surface area contributed by atoms with Gasteiger partial charge in [0.05, 0.1) is 24.0 Å². The highest BCUT2D eigenvalue weighted by Crippen LogP contribution is 2.20. The molecule has 4 rings (SSSR count). The van der Waals surface area contributed by atoms with Crippen LogP contribution in [0.15, 0.2) is 72.8 Å². The van der Waals surface area contributed by atoms with E-state index in [1.807, 2.05) is 54.6 Å². The van der Waals surface area contributed by atoms with E-state index in [0.717, 1.165) is 53.1 Å². The van der Waals surface area contributed by atoms with E-state index in [4.69, 9.17) is 9.72 Å². The summed E-state index contributed by atoms with van der Waals surface area (Å²) in [5.74, 6) is 2.00. The van der Waals surface area contributed by atoms with Crippen molar-refractivity contribution in [1.82, 2.24) is 14.9 Å². The number of rotatable bonds is 10. The van der Waals surface area contributed by atoms with E-state index in [-0.39, 0.29) is 5.91 Å². The minimum absolute atomic E-state index is 0.0524. The Bertz CT molecular complexity index is 1210. The third-order valence-corrected chi connectivity index (χ3v) is 5.74. The average molecular weight is 442 g/mol. The first-order valence-corrected chi connectivity index (χ1v) is 11.5. The molecule has 0 aliphatic carbocycles. The molecule has 0 atom stereocenters. The number of aromatic nitrogens is 2. The number of hydrogen-bond acceptors (Lipinski definition) is 3. The van der Waals surface area contributed by atoms with Crippen LogP contribution in [0.4, 0.5) is 0 Å². The number of aryl methyl sites for hydroxylation is 3. The molecule has 3 aromatic carbocycles. The number of nitrogens with one attached hydrogen (secondary N) is 1. The molecule has 1 amide bonds. The Kier molecular flexibility index (Phi) is 7.40. The van der Waals surface area contributed by atoms with Crippen molar-refractivity contribution in [3.05, 3.63) is 95.3 Å². The Hall–Kier alpha value is -3.60. The average Bonchev–Trinajstić information content (AvgIpc) is 3.16. The van der Waals surface area contributed by atoms with E-state index in [2.05, 4.69) is 41.9 Å². The van der Waals surface area contributed by atoms with Crippen molar-refractivity contribution in [2.45, 2.75) is 39.7 Å². The van der Waals surface area contributed by atoms with E-state index >= 15 is 0 Å². The molecular weight excluding hydrogens is 410 g/mol. The Morgan fingerprint density at radius 1 is 1.00 bits per heavy atom. The number of para-hydroxylation sites is 2. The maximum absolute atomic E-state index is 12.2. The minimum atomic E-state index is 0.0524. The van der Waals surface area contributed by atoms with Gasteiger partial charge in [0, 0.05) is 13.0 Å². The largest absolute Gasteiger partial charge is 0.491 e. The van der Waals surface area contributed by atoms with E-state index < -0.39 is 0 Å². The van der Waals surface area contributed by atoms with Gasteiger partial charge in [0.15, 0.2) is 0 Å². The fourth-order valence-corrected chi connectivity index (χ4v) is 4.09.